The number of imidazole rings is 1. The molecule has 3 aromatic carbocycles. The number of carboxylic acid groups (broad SMARTS) is 1. The predicted molar refractivity (Wildman–Crippen MR) is 152 cm³/mol. The number of hydrogen-bond acceptors (Lipinski definition) is 4. The fraction of sp³-hybridized carbons (Fsp3) is 0.242. The number of carboxylic acids is 1. The smallest absolute Gasteiger partial charge is 0.335 e. The Kier molecular flexibility index (Phi) is 7.70. The van der Waals surface area contributed by atoms with Crippen molar-refractivity contribution < 1.29 is 32.2 Å². The van der Waals surface area contributed by atoms with E-state index in [0.717, 1.165) is 18.1 Å². The van der Waals surface area contributed by atoms with Gasteiger partial charge in [0.05, 0.1) is 34.9 Å². The summed E-state index contributed by atoms with van der Waals surface area (Å²) >= 11 is 0. The first kappa shape index (κ1) is 28.5. The summed E-state index contributed by atoms with van der Waals surface area (Å²) in [6, 6.07) is 15.0. The highest BCUT2D eigenvalue weighted by molar-refractivity contribution is 5.92. The molecule has 6 rings (SSSR count). The molecule has 3 heterocycles. The molecule has 43 heavy (non-hydrogen) atoms. The molecular formula is C33H27F4N3O3. The second kappa shape index (κ2) is 11.6. The van der Waals surface area contributed by atoms with Gasteiger partial charge >= 0.3 is 5.97 Å². The average Bonchev–Trinajstić information content (AvgIpc) is 3.30. The van der Waals surface area contributed by atoms with Crippen LogP contribution in [-0.2, 0) is 30.5 Å². The summed E-state index contributed by atoms with van der Waals surface area (Å²) < 4.78 is 68.0. The summed E-state index contributed by atoms with van der Waals surface area (Å²) in [5, 5.41) is 9.44. The minimum atomic E-state index is -1.35. The molecule has 1 aliphatic rings. The van der Waals surface area contributed by atoms with Gasteiger partial charge in [-0.1, -0.05) is 18.2 Å². The molecule has 0 spiro atoms. The largest absolute Gasteiger partial charge is 0.478 e. The van der Waals surface area contributed by atoms with Crippen molar-refractivity contribution in [3.8, 4) is 11.3 Å². The number of benzene rings is 3. The van der Waals surface area contributed by atoms with E-state index in [1.165, 1.54) is 30.3 Å². The van der Waals surface area contributed by atoms with Crippen LogP contribution in [0.3, 0.4) is 0 Å². The number of carbonyl (C=O) groups is 1. The highest BCUT2D eigenvalue weighted by Crippen LogP contribution is 2.31. The van der Waals surface area contributed by atoms with Crippen molar-refractivity contribution >= 4 is 17.0 Å². The van der Waals surface area contributed by atoms with Crippen LogP contribution in [0.25, 0.3) is 22.3 Å². The number of fused-ring (bicyclic) bond motifs is 1. The number of rotatable bonds is 9. The number of halogens is 4. The molecule has 1 aliphatic heterocycles. The monoisotopic (exact) mass is 589 g/mol. The van der Waals surface area contributed by atoms with Gasteiger partial charge in [0.2, 0.25) is 0 Å². The van der Waals surface area contributed by atoms with Crippen molar-refractivity contribution in [2.24, 2.45) is 0 Å². The van der Waals surface area contributed by atoms with E-state index in [1.807, 2.05) is 6.07 Å². The molecule has 1 fully saturated rings. The number of hydrogen-bond donors (Lipinski definition) is 1. The zero-order valence-corrected chi connectivity index (χ0v) is 23.2. The first-order valence-electron chi connectivity index (χ1n) is 13.9. The first-order valence-corrected chi connectivity index (χ1v) is 13.9. The third kappa shape index (κ3) is 5.75. The molecule has 0 unspecified atom stereocenters. The lowest BCUT2D eigenvalue weighted by molar-refractivity contribution is -0.0589. The van der Waals surface area contributed by atoms with E-state index in [2.05, 4.69) is 9.97 Å². The van der Waals surface area contributed by atoms with Crippen molar-refractivity contribution in [2.75, 3.05) is 6.61 Å². The van der Waals surface area contributed by atoms with Gasteiger partial charge in [0, 0.05) is 29.8 Å². The van der Waals surface area contributed by atoms with E-state index < -0.39 is 29.0 Å². The molecule has 0 radical (unpaired) electrons. The van der Waals surface area contributed by atoms with Crippen LogP contribution < -0.4 is 0 Å². The van der Waals surface area contributed by atoms with E-state index in [0.29, 0.717) is 48.3 Å². The van der Waals surface area contributed by atoms with Gasteiger partial charge in [-0.3, -0.25) is 4.98 Å². The van der Waals surface area contributed by atoms with Gasteiger partial charge in [0.25, 0.3) is 0 Å². The van der Waals surface area contributed by atoms with Gasteiger partial charge in [0.1, 0.15) is 17.5 Å². The average molecular weight is 590 g/mol. The Morgan fingerprint density at radius 3 is 2.51 bits per heavy atom. The Labute approximate surface area is 244 Å². The number of ether oxygens (including phenoxy) is 1. The van der Waals surface area contributed by atoms with Crippen molar-refractivity contribution in [1.82, 2.24) is 14.5 Å². The summed E-state index contributed by atoms with van der Waals surface area (Å²) in [6.07, 6.45) is 0.958. The maximum Gasteiger partial charge on any atom is 0.335 e. The normalized spacial score (nSPS) is 14.7. The molecule has 10 heteroatoms. The number of aryl methyl sites for hydroxylation is 3. The van der Waals surface area contributed by atoms with Crippen LogP contribution in [0.5, 0.6) is 0 Å². The number of aromatic nitrogens is 3. The van der Waals surface area contributed by atoms with Crippen molar-refractivity contribution in [1.29, 1.82) is 0 Å². The van der Waals surface area contributed by atoms with Crippen molar-refractivity contribution in [3.05, 3.63) is 118 Å². The lowest BCUT2D eigenvalue weighted by Crippen LogP contribution is -2.31. The minimum absolute atomic E-state index is 0.0428. The van der Waals surface area contributed by atoms with Gasteiger partial charge in [-0.15, -0.1) is 0 Å². The first-order chi connectivity index (χ1) is 20.7. The molecule has 2 aromatic heterocycles. The summed E-state index contributed by atoms with van der Waals surface area (Å²) in [7, 11) is 0. The van der Waals surface area contributed by atoms with Crippen LogP contribution in [0.2, 0.25) is 0 Å². The second-order valence-electron chi connectivity index (χ2n) is 10.7. The molecule has 1 saturated heterocycles. The topological polar surface area (TPSA) is 77.2 Å². The summed E-state index contributed by atoms with van der Waals surface area (Å²) in [5.41, 5.74) is 2.04. The molecule has 1 atom stereocenters. The number of pyridine rings is 1. The minimum Gasteiger partial charge on any atom is -0.478 e. The highest BCUT2D eigenvalue weighted by Gasteiger charge is 2.26. The maximum absolute atomic E-state index is 15.5. The molecule has 0 saturated carbocycles. The molecular weight excluding hydrogens is 562 g/mol. The highest BCUT2D eigenvalue weighted by atomic mass is 19.2. The second-order valence-corrected chi connectivity index (χ2v) is 10.7. The Morgan fingerprint density at radius 2 is 1.79 bits per heavy atom. The van der Waals surface area contributed by atoms with Crippen LogP contribution >= 0.6 is 0 Å². The lowest BCUT2D eigenvalue weighted by atomic mass is 10.0. The van der Waals surface area contributed by atoms with Gasteiger partial charge in [0.15, 0.2) is 11.6 Å². The van der Waals surface area contributed by atoms with Gasteiger partial charge in [-0.05, 0) is 79.8 Å². The summed E-state index contributed by atoms with van der Waals surface area (Å²) in [5.74, 6) is -4.75. The maximum atomic E-state index is 15.5. The van der Waals surface area contributed by atoms with Crippen LogP contribution in [-0.4, -0.2) is 38.3 Å². The van der Waals surface area contributed by atoms with Gasteiger partial charge in [-0.25, -0.2) is 27.3 Å². The van der Waals surface area contributed by atoms with E-state index >= 15 is 13.2 Å². The molecule has 0 aliphatic carbocycles. The van der Waals surface area contributed by atoms with E-state index in [4.69, 9.17) is 4.74 Å². The summed E-state index contributed by atoms with van der Waals surface area (Å²) in [6.45, 7) is 2.69. The van der Waals surface area contributed by atoms with Gasteiger partial charge in [-0.2, -0.15) is 0 Å². The molecule has 0 bridgehead atoms. The Balaban J connectivity index is 1.30. The van der Waals surface area contributed by atoms with Crippen LogP contribution in [0.1, 0.15) is 45.0 Å². The SMILES string of the molecule is Cc1ccc(CCc2cccc(-c3cc(F)c(Cc4nc5ccc(C(=O)O)cc5n4C[C@@H]4CCO4)c(F)c3F)n2)c(F)c1. The van der Waals surface area contributed by atoms with E-state index in [1.54, 1.807) is 29.7 Å². The lowest BCUT2D eigenvalue weighted by Gasteiger charge is -2.27. The third-order valence-electron chi connectivity index (χ3n) is 7.78. The predicted octanol–water partition coefficient (Wildman–Crippen LogP) is 6.83. The van der Waals surface area contributed by atoms with Gasteiger partial charge < -0.3 is 14.4 Å². The zero-order valence-electron chi connectivity index (χ0n) is 23.2. The fourth-order valence-corrected chi connectivity index (χ4v) is 5.30. The Hall–Kier alpha value is -4.57. The van der Waals surface area contributed by atoms with Crippen molar-refractivity contribution in [3.63, 3.8) is 0 Å². The van der Waals surface area contributed by atoms with Crippen LogP contribution in [0.15, 0.2) is 60.7 Å². The molecule has 6 nitrogen and oxygen atoms in total. The number of aromatic carboxylic acids is 1. The third-order valence-corrected chi connectivity index (χ3v) is 7.78. The zero-order chi connectivity index (χ0) is 30.2. The molecule has 1 N–H and O–H groups in total. The molecule has 220 valence electrons. The van der Waals surface area contributed by atoms with Crippen LogP contribution in [0.4, 0.5) is 17.6 Å². The Bertz CT molecular complexity index is 1870. The Morgan fingerprint density at radius 1 is 0.977 bits per heavy atom. The fourth-order valence-electron chi connectivity index (χ4n) is 5.30. The summed E-state index contributed by atoms with van der Waals surface area (Å²) in [4.78, 5) is 20.5. The quantitative estimate of drug-likeness (QED) is 0.151. The standard InChI is InChI=1S/C33H27F4N3O3/c1-18-5-6-19(25(34)13-18)7-9-21-3-2-4-27(38-21)24-15-26(35)23(31(36)32(24)37)16-30-39-28-10-8-20(33(41)42)14-29(28)40(30)17-22-11-12-43-22/h2-6,8,10,13-15,22H,7,9,11-12,16-17H2,1H3,(H,41,42)/t22-/m0/s1. The van der Waals surface area contributed by atoms with E-state index in [-0.39, 0.29) is 41.0 Å². The molecule has 0 amide bonds. The number of nitrogens with zero attached hydrogens (tertiary/aromatic N) is 3. The van der Waals surface area contributed by atoms with Crippen molar-refractivity contribution in [2.45, 2.75) is 45.3 Å². The molecule has 5 aromatic rings. The van der Waals surface area contributed by atoms with Crippen LogP contribution in [0, 0.1) is 30.2 Å². The van der Waals surface area contributed by atoms with E-state index in [9.17, 15) is 14.3 Å².